The Morgan fingerprint density at radius 2 is 2.24 bits per heavy atom. The third-order valence-electron chi connectivity index (χ3n) is 2.49. The highest BCUT2D eigenvalue weighted by molar-refractivity contribution is 7.80. The number of rotatable bonds is 6. The summed E-state index contributed by atoms with van der Waals surface area (Å²) in [5.74, 6) is 0.801. The summed E-state index contributed by atoms with van der Waals surface area (Å²) >= 11 is 4.95. The second kappa shape index (κ2) is 6.54. The predicted molar refractivity (Wildman–Crippen MR) is 72.3 cm³/mol. The second-order valence-corrected chi connectivity index (χ2v) is 4.29. The molecule has 5 heteroatoms. The molecular formula is C12H18N2O2S. The molecule has 17 heavy (non-hydrogen) atoms. The van der Waals surface area contributed by atoms with Crippen LogP contribution in [0.15, 0.2) is 18.2 Å². The van der Waals surface area contributed by atoms with Crippen molar-refractivity contribution >= 4 is 17.2 Å². The number of likely N-dealkylation sites (N-methyl/N-ethyl adjacent to an activating group) is 1. The van der Waals surface area contributed by atoms with Crippen molar-refractivity contribution in [3.63, 3.8) is 0 Å². The van der Waals surface area contributed by atoms with Gasteiger partial charge in [0.25, 0.3) is 0 Å². The van der Waals surface area contributed by atoms with Gasteiger partial charge >= 0.3 is 0 Å². The van der Waals surface area contributed by atoms with Gasteiger partial charge in [0.15, 0.2) is 0 Å². The van der Waals surface area contributed by atoms with Gasteiger partial charge in [0.2, 0.25) is 0 Å². The van der Waals surface area contributed by atoms with E-state index in [0.717, 1.165) is 16.9 Å². The molecule has 0 saturated carbocycles. The Morgan fingerprint density at radius 1 is 1.53 bits per heavy atom. The van der Waals surface area contributed by atoms with Gasteiger partial charge in [0.05, 0.1) is 13.7 Å². The van der Waals surface area contributed by atoms with E-state index in [1.807, 2.05) is 30.1 Å². The van der Waals surface area contributed by atoms with E-state index >= 15 is 0 Å². The van der Waals surface area contributed by atoms with E-state index < -0.39 is 0 Å². The molecule has 1 rings (SSSR count). The summed E-state index contributed by atoms with van der Waals surface area (Å²) in [4.78, 5) is 2.37. The number of methoxy groups -OCH3 is 1. The standard InChI is InChI=1S/C12H18N2O2S/c1-14(5-6-15)8-10-7-9(12(13)17)3-4-11(10)16-2/h3-4,7,15H,5-6,8H2,1-2H3,(H2,13,17). The lowest BCUT2D eigenvalue weighted by Crippen LogP contribution is -2.22. The Labute approximate surface area is 107 Å². The summed E-state index contributed by atoms with van der Waals surface area (Å²) < 4.78 is 5.29. The van der Waals surface area contributed by atoms with Crippen molar-refractivity contribution in [1.82, 2.24) is 4.90 Å². The molecule has 94 valence electrons. The van der Waals surface area contributed by atoms with Gasteiger partial charge in [0.1, 0.15) is 10.7 Å². The lowest BCUT2D eigenvalue weighted by molar-refractivity contribution is 0.216. The monoisotopic (exact) mass is 254 g/mol. The van der Waals surface area contributed by atoms with Crippen LogP contribution in [0.3, 0.4) is 0 Å². The van der Waals surface area contributed by atoms with E-state index in [4.69, 9.17) is 27.8 Å². The fraction of sp³-hybridized carbons (Fsp3) is 0.417. The minimum absolute atomic E-state index is 0.133. The normalized spacial score (nSPS) is 10.6. The second-order valence-electron chi connectivity index (χ2n) is 3.85. The molecule has 0 saturated heterocycles. The number of hydrogen-bond donors (Lipinski definition) is 2. The Morgan fingerprint density at radius 3 is 2.76 bits per heavy atom. The first kappa shape index (κ1) is 13.9. The van der Waals surface area contributed by atoms with Gasteiger partial charge in [-0.05, 0) is 25.2 Å². The third-order valence-corrected chi connectivity index (χ3v) is 2.72. The molecule has 0 aliphatic carbocycles. The molecule has 0 aromatic heterocycles. The number of thiocarbonyl (C=S) groups is 1. The highest BCUT2D eigenvalue weighted by atomic mass is 32.1. The molecule has 0 aliphatic heterocycles. The van der Waals surface area contributed by atoms with Gasteiger partial charge < -0.3 is 15.6 Å². The summed E-state index contributed by atoms with van der Waals surface area (Å²) in [6.45, 7) is 1.43. The smallest absolute Gasteiger partial charge is 0.123 e. The van der Waals surface area contributed by atoms with Crippen molar-refractivity contribution in [2.24, 2.45) is 5.73 Å². The zero-order valence-corrected chi connectivity index (χ0v) is 11.0. The van der Waals surface area contributed by atoms with Gasteiger partial charge in [-0.3, -0.25) is 4.90 Å². The number of aliphatic hydroxyl groups is 1. The molecule has 1 aromatic rings. The highest BCUT2D eigenvalue weighted by Crippen LogP contribution is 2.21. The average Bonchev–Trinajstić information content (AvgIpc) is 2.29. The van der Waals surface area contributed by atoms with E-state index in [2.05, 4.69) is 0 Å². The summed E-state index contributed by atoms with van der Waals surface area (Å²) in [5.41, 5.74) is 7.44. The molecule has 0 atom stereocenters. The lowest BCUT2D eigenvalue weighted by Gasteiger charge is -2.17. The van der Waals surface area contributed by atoms with Gasteiger partial charge in [-0.1, -0.05) is 12.2 Å². The van der Waals surface area contributed by atoms with Crippen molar-refractivity contribution in [2.45, 2.75) is 6.54 Å². The number of nitrogens with zero attached hydrogens (tertiary/aromatic N) is 1. The fourth-order valence-electron chi connectivity index (χ4n) is 1.60. The van der Waals surface area contributed by atoms with Gasteiger partial charge in [0, 0.05) is 24.2 Å². The van der Waals surface area contributed by atoms with Crippen molar-refractivity contribution in [2.75, 3.05) is 27.3 Å². The SMILES string of the molecule is COc1ccc(C(N)=S)cc1CN(C)CCO. The number of aliphatic hydroxyl groups excluding tert-OH is 1. The maximum absolute atomic E-state index is 8.87. The van der Waals surface area contributed by atoms with E-state index in [0.29, 0.717) is 18.1 Å². The van der Waals surface area contributed by atoms with Crippen LogP contribution in [-0.2, 0) is 6.54 Å². The van der Waals surface area contributed by atoms with Crippen LogP contribution in [0.1, 0.15) is 11.1 Å². The lowest BCUT2D eigenvalue weighted by atomic mass is 10.1. The zero-order valence-electron chi connectivity index (χ0n) is 10.1. The maximum atomic E-state index is 8.87. The first-order valence-corrected chi connectivity index (χ1v) is 5.75. The molecule has 0 bridgehead atoms. The topological polar surface area (TPSA) is 58.7 Å². The van der Waals surface area contributed by atoms with Gasteiger partial charge in [-0.15, -0.1) is 0 Å². The van der Waals surface area contributed by atoms with Crippen LogP contribution in [0, 0.1) is 0 Å². The molecule has 0 spiro atoms. The van der Waals surface area contributed by atoms with Crippen LogP contribution in [0.2, 0.25) is 0 Å². The molecule has 0 aliphatic rings. The van der Waals surface area contributed by atoms with Crippen LogP contribution in [0.5, 0.6) is 5.75 Å². The largest absolute Gasteiger partial charge is 0.496 e. The summed E-state index contributed by atoms with van der Waals surface area (Å²) in [6, 6.07) is 5.63. The van der Waals surface area contributed by atoms with Crippen molar-refractivity contribution in [3.8, 4) is 5.75 Å². The van der Waals surface area contributed by atoms with Crippen LogP contribution in [-0.4, -0.2) is 42.3 Å². The van der Waals surface area contributed by atoms with E-state index in [1.165, 1.54) is 0 Å². The van der Waals surface area contributed by atoms with Crippen LogP contribution < -0.4 is 10.5 Å². The molecule has 1 aromatic carbocycles. The van der Waals surface area contributed by atoms with Crippen LogP contribution in [0.25, 0.3) is 0 Å². The molecule has 0 unspecified atom stereocenters. The first-order valence-electron chi connectivity index (χ1n) is 5.34. The summed E-state index contributed by atoms with van der Waals surface area (Å²) in [7, 11) is 3.56. The van der Waals surface area contributed by atoms with Crippen LogP contribution >= 0.6 is 12.2 Å². The highest BCUT2D eigenvalue weighted by Gasteiger charge is 2.08. The van der Waals surface area contributed by atoms with Crippen LogP contribution in [0.4, 0.5) is 0 Å². The Hall–Kier alpha value is -1.17. The average molecular weight is 254 g/mol. The molecule has 3 N–H and O–H groups in total. The Kier molecular flexibility index (Phi) is 5.34. The minimum atomic E-state index is 0.133. The van der Waals surface area contributed by atoms with E-state index in [9.17, 15) is 0 Å². The summed E-state index contributed by atoms with van der Waals surface area (Å²) in [5, 5.41) is 8.87. The molecular weight excluding hydrogens is 236 g/mol. The predicted octanol–water partition coefficient (Wildman–Crippen LogP) is 0.754. The maximum Gasteiger partial charge on any atom is 0.123 e. The summed E-state index contributed by atoms with van der Waals surface area (Å²) in [6.07, 6.45) is 0. The third kappa shape index (κ3) is 3.96. The number of benzene rings is 1. The van der Waals surface area contributed by atoms with Gasteiger partial charge in [-0.25, -0.2) is 0 Å². The van der Waals surface area contributed by atoms with E-state index in [-0.39, 0.29) is 6.61 Å². The molecule has 0 amide bonds. The quantitative estimate of drug-likeness (QED) is 0.734. The molecule has 0 radical (unpaired) electrons. The van der Waals surface area contributed by atoms with E-state index in [1.54, 1.807) is 7.11 Å². The van der Waals surface area contributed by atoms with Crippen molar-refractivity contribution in [3.05, 3.63) is 29.3 Å². The van der Waals surface area contributed by atoms with Crippen molar-refractivity contribution < 1.29 is 9.84 Å². The first-order chi connectivity index (χ1) is 8.08. The zero-order chi connectivity index (χ0) is 12.8. The molecule has 0 heterocycles. The Balaban J connectivity index is 2.93. The molecule has 4 nitrogen and oxygen atoms in total. The Bertz CT molecular complexity index is 396. The van der Waals surface area contributed by atoms with Gasteiger partial charge in [-0.2, -0.15) is 0 Å². The number of hydrogen-bond acceptors (Lipinski definition) is 4. The number of nitrogens with two attached hydrogens (primary N) is 1. The number of ether oxygens (including phenoxy) is 1. The fourth-order valence-corrected chi connectivity index (χ4v) is 1.72. The van der Waals surface area contributed by atoms with Crippen molar-refractivity contribution in [1.29, 1.82) is 0 Å². The molecule has 0 fully saturated rings. The minimum Gasteiger partial charge on any atom is -0.496 e.